The molecule has 1 nitrogen and oxygen atoms in total. The van der Waals surface area contributed by atoms with E-state index in [9.17, 15) is 0 Å². The average molecular weight is 160 g/mol. The summed E-state index contributed by atoms with van der Waals surface area (Å²) in [6, 6.07) is 8.38. The molecule has 3 rings (SSSR count). The van der Waals surface area contributed by atoms with Crippen LogP contribution in [0.15, 0.2) is 24.3 Å². The van der Waals surface area contributed by atoms with Crippen LogP contribution in [-0.2, 0) is 5.41 Å². The van der Waals surface area contributed by atoms with Crippen molar-refractivity contribution >= 4 is 5.69 Å². The predicted octanol–water partition coefficient (Wildman–Crippen LogP) is 2.53. The van der Waals surface area contributed by atoms with Crippen LogP contribution in [0.2, 0.25) is 0 Å². The number of rotatable bonds is 0. The molecule has 0 radical (unpaired) electrons. The topological polar surface area (TPSA) is 12.0 Å². The molecule has 0 bridgehead atoms. The number of hydrogen-bond donors (Lipinski definition) is 1. The van der Waals surface area contributed by atoms with Gasteiger partial charge in [0.05, 0.1) is 0 Å². The lowest BCUT2D eigenvalue weighted by Crippen LogP contribution is -2.35. The molecule has 1 N–H and O–H groups in total. The monoisotopic (exact) mass is 160 g/mol. The Kier molecular flexibility index (Phi) is 0.954. The zero-order valence-electron chi connectivity index (χ0n) is 8.01. The first-order chi connectivity index (χ1) is 6.33. The molecule has 1 spiro atoms. The molecular formula is C11H13N. The molecule has 1 aliphatic heterocycles. The van der Waals surface area contributed by atoms with E-state index in [0.717, 1.165) is 0 Å². The Morgan fingerprint density at radius 2 is 2.17 bits per heavy atom. The summed E-state index contributed by atoms with van der Waals surface area (Å²) >= 11 is 0. The Bertz CT molecular complexity index is 344. The molecular weight excluding hydrogens is 146 g/mol. The smallest absolute Gasteiger partial charge is 0.0499 e. The van der Waals surface area contributed by atoms with Gasteiger partial charge in [0.15, 0.2) is 0 Å². The third-order valence-electron chi connectivity index (χ3n) is 3.21. The summed E-state index contributed by atoms with van der Waals surface area (Å²) in [6.45, 7) is -0.112. The van der Waals surface area contributed by atoms with Gasteiger partial charge in [0, 0.05) is 19.0 Å². The molecule has 0 saturated heterocycles. The van der Waals surface area contributed by atoms with Crippen LogP contribution >= 0.6 is 0 Å². The molecule has 1 aliphatic carbocycles. The molecule has 1 saturated carbocycles. The Hall–Kier alpha value is -0.980. The fourth-order valence-corrected chi connectivity index (χ4v) is 2.31. The van der Waals surface area contributed by atoms with E-state index in [4.69, 9.17) is 1.37 Å². The standard InChI is InChI=1S/C11H13N/c1-2-5-10-9(4-1)11(8-12-10)6-3-7-11/h1-2,4-5,12H,3,6-8H2/i8D. The zero-order valence-corrected chi connectivity index (χ0v) is 7.01. The number of benzene rings is 1. The van der Waals surface area contributed by atoms with Gasteiger partial charge in [0.2, 0.25) is 0 Å². The molecule has 1 fully saturated rings. The SMILES string of the molecule is [2H]C1Nc2ccccc2C12CCC2. The maximum atomic E-state index is 8.01. The van der Waals surface area contributed by atoms with Crippen LogP contribution in [0, 0.1) is 0 Å². The third-order valence-corrected chi connectivity index (χ3v) is 3.21. The van der Waals surface area contributed by atoms with Gasteiger partial charge in [-0.25, -0.2) is 0 Å². The van der Waals surface area contributed by atoms with Gasteiger partial charge in [-0.05, 0) is 24.5 Å². The van der Waals surface area contributed by atoms with E-state index >= 15 is 0 Å². The lowest BCUT2D eigenvalue weighted by molar-refractivity contribution is 0.272. The van der Waals surface area contributed by atoms with Crippen LogP contribution in [0.5, 0.6) is 0 Å². The summed E-state index contributed by atoms with van der Waals surface area (Å²) in [7, 11) is 0. The fourth-order valence-electron chi connectivity index (χ4n) is 2.31. The summed E-state index contributed by atoms with van der Waals surface area (Å²) < 4.78 is 8.01. The number of anilines is 1. The summed E-state index contributed by atoms with van der Waals surface area (Å²) in [5.74, 6) is 0. The quantitative estimate of drug-likeness (QED) is 0.615. The van der Waals surface area contributed by atoms with Gasteiger partial charge in [-0.1, -0.05) is 24.6 Å². The summed E-state index contributed by atoms with van der Waals surface area (Å²) in [5.41, 5.74) is 2.72. The van der Waals surface area contributed by atoms with Gasteiger partial charge in [0.25, 0.3) is 0 Å². The lowest BCUT2D eigenvalue weighted by atomic mass is 9.66. The highest BCUT2D eigenvalue weighted by molar-refractivity contribution is 5.61. The van der Waals surface area contributed by atoms with Gasteiger partial charge in [-0.3, -0.25) is 0 Å². The van der Waals surface area contributed by atoms with Crippen molar-refractivity contribution in [3.05, 3.63) is 29.8 Å². The van der Waals surface area contributed by atoms with Gasteiger partial charge in [-0.2, -0.15) is 0 Å². The van der Waals surface area contributed by atoms with E-state index in [1.807, 2.05) is 6.07 Å². The molecule has 1 unspecified atom stereocenters. The highest BCUT2D eigenvalue weighted by Crippen LogP contribution is 2.49. The van der Waals surface area contributed by atoms with Crippen LogP contribution in [0.3, 0.4) is 0 Å². The minimum absolute atomic E-state index is 0.112. The largest absolute Gasteiger partial charge is 0.384 e. The molecule has 1 aromatic rings. The second kappa shape index (κ2) is 2.03. The molecule has 62 valence electrons. The number of fused-ring (bicyclic) bond motifs is 2. The molecule has 12 heavy (non-hydrogen) atoms. The molecule has 1 heteroatoms. The Labute approximate surface area is 74.2 Å². The van der Waals surface area contributed by atoms with Crippen molar-refractivity contribution in [2.24, 2.45) is 0 Å². The highest BCUT2D eigenvalue weighted by Gasteiger charge is 2.43. The van der Waals surface area contributed by atoms with Crippen LogP contribution in [-0.4, -0.2) is 6.52 Å². The van der Waals surface area contributed by atoms with Crippen molar-refractivity contribution in [3.63, 3.8) is 0 Å². The Morgan fingerprint density at radius 3 is 2.92 bits per heavy atom. The predicted molar refractivity (Wildman–Crippen MR) is 50.5 cm³/mol. The number of para-hydroxylation sites is 1. The first kappa shape index (κ1) is 5.63. The summed E-state index contributed by atoms with van der Waals surface area (Å²) in [5, 5.41) is 3.26. The van der Waals surface area contributed by atoms with Gasteiger partial charge < -0.3 is 5.32 Å². The van der Waals surface area contributed by atoms with E-state index < -0.39 is 0 Å². The molecule has 1 aromatic carbocycles. The van der Waals surface area contributed by atoms with Crippen LogP contribution in [0.4, 0.5) is 5.69 Å². The number of hydrogen-bond acceptors (Lipinski definition) is 1. The van der Waals surface area contributed by atoms with Crippen molar-refractivity contribution in [2.75, 3.05) is 11.8 Å². The van der Waals surface area contributed by atoms with Gasteiger partial charge in [0.1, 0.15) is 0 Å². The van der Waals surface area contributed by atoms with E-state index in [1.54, 1.807) is 0 Å². The molecule has 0 amide bonds. The second-order valence-electron chi connectivity index (χ2n) is 3.84. The van der Waals surface area contributed by atoms with Crippen LogP contribution in [0.1, 0.15) is 26.2 Å². The van der Waals surface area contributed by atoms with E-state index in [1.165, 1.54) is 30.5 Å². The molecule has 0 aromatic heterocycles. The van der Waals surface area contributed by atoms with Crippen molar-refractivity contribution in [2.45, 2.75) is 24.7 Å². The van der Waals surface area contributed by atoms with Gasteiger partial charge >= 0.3 is 0 Å². The maximum Gasteiger partial charge on any atom is 0.0499 e. The highest BCUT2D eigenvalue weighted by atomic mass is 14.9. The molecule has 1 atom stereocenters. The van der Waals surface area contributed by atoms with Crippen molar-refractivity contribution < 1.29 is 1.37 Å². The van der Waals surface area contributed by atoms with Crippen LogP contribution < -0.4 is 5.32 Å². The van der Waals surface area contributed by atoms with E-state index in [2.05, 4.69) is 23.5 Å². The minimum atomic E-state index is -0.112. The van der Waals surface area contributed by atoms with Crippen LogP contribution in [0.25, 0.3) is 0 Å². The normalized spacial score (nSPS) is 30.3. The van der Waals surface area contributed by atoms with E-state index in [0.29, 0.717) is 0 Å². The third kappa shape index (κ3) is 0.644. The minimum Gasteiger partial charge on any atom is -0.384 e. The first-order valence-corrected chi connectivity index (χ1v) is 4.61. The molecule has 1 heterocycles. The second-order valence-corrected chi connectivity index (χ2v) is 3.84. The lowest BCUT2D eigenvalue weighted by Gasteiger charge is -2.38. The Morgan fingerprint density at radius 1 is 1.33 bits per heavy atom. The Balaban J connectivity index is 2.14. The number of nitrogens with one attached hydrogen (secondary N) is 1. The fraction of sp³-hybridized carbons (Fsp3) is 0.455. The zero-order chi connectivity index (χ0) is 8.89. The maximum absolute atomic E-state index is 8.01. The first-order valence-electron chi connectivity index (χ1n) is 5.19. The molecule has 2 aliphatic rings. The summed E-state index contributed by atoms with van der Waals surface area (Å²) in [4.78, 5) is 0. The van der Waals surface area contributed by atoms with Crippen molar-refractivity contribution in [1.82, 2.24) is 0 Å². The average Bonchev–Trinajstić information content (AvgIpc) is 2.35. The summed E-state index contributed by atoms with van der Waals surface area (Å²) in [6.07, 6.45) is 3.65. The van der Waals surface area contributed by atoms with Crippen molar-refractivity contribution in [1.29, 1.82) is 0 Å². The van der Waals surface area contributed by atoms with E-state index in [-0.39, 0.29) is 11.9 Å². The van der Waals surface area contributed by atoms with Crippen molar-refractivity contribution in [3.8, 4) is 0 Å². The van der Waals surface area contributed by atoms with Gasteiger partial charge in [-0.15, -0.1) is 0 Å².